The van der Waals surface area contributed by atoms with E-state index in [2.05, 4.69) is 5.32 Å². The van der Waals surface area contributed by atoms with Crippen molar-refractivity contribution >= 4 is 17.5 Å². The third-order valence-electron chi connectivity index (χ3n) is 2.57. The van der Waals surface area contributed by atoms with Crippen LogP contribution in [0, 0.1) is 0 Å². The van der Waals surface area contributed by atoms with Crippen molar-refractivity contribution in [3.05, 3.63) is 34.9 Å². The molecule has 0 aliphatic heterocycles. The molecule has 18 heavy (non-hydrogen) atoms. The Balaban J connectivity index is 2.34. The highest BCUT2D eigenvalue weighted by atomic mass is 35.5. The van der Waals surface area contributed by atoms with E-state index >= 15 is 0 Å². The van der Waals surface area contributed by atoms with Gasteiger partial charge in [-0.3, -0.25) is 4.79 Å². The number of aliphatic hydroxyl groups excluding tert-OH is 1. The summed E-state index contributed by atoms with van der Waals surface area (Å²) in [5.41, 5.74) is 6.29. The van der Waals surface area contributed by atoms with Crippen molar-refractivity contribution in [1.82, 2.24) is 5.32 Å². The average molecular weight is 271 g/mol. The van der Waals surface area contributed by atoms with Crippen LogP contribution >= 0.6 is 11.6 Å². The number of carbonyl (C=O) groups excluding carboxylic acids is 1. The summed E-state index contributed by atoms with van der Waals surface area (Å²) in [6, 6.07) is 6.90. The predicted molar refractivity (Wildman–Crippen MR) is 72.3 cm³/mol. The molecule has 100 valence electrons. The lowest BCUT2D eigenvalue weighted by atomic mass is 10.1. The van der Waals surface area contributed by atoms with Crippen molar-refractivity contribution < 1.29 is 9.90 Å². The fourth-order valence-corrected chi connectivity index (χ4v) is 1.59. The maximum Gasteiger partial charge on any atom is 0.220 e. The van der Waals surface area contributed by atoms with Crippen LogP contribution in [0.15, 0.2) is 24.3 Å². The molecule has 5 heteroatoms. The summed E-state index contributed by atoms with van der Waals surface area (Å²) in [4.78, 5) is 11.4. The van der Waals surface area contributed by atoms with Crippen molar-refractivity contribution in [1.29, 1.82) is 0 Å². The van der Waals surface area contributed by atoms with E-state index in [0.29, 0.717) is 17.9 Å². The van der Waals surface area contributed by atoms with Gasteiger partial charge in [-0.2, -0.15) is 0 Å². The second-order valence-electron chi connectivity index (χ2n) is 4.39. The lowest BCUT2D eigenvalue weighted by Crippen LogP contribution is -2.29. The molecule has 0 aliphatic carbocycles. The molecule has 2 unspecified atom stereocenters. The Kier molecular flexibility index (Phi) is 6.12. The van der Waals surface area contributed by atoms with Gasteiger partial charge in [-0.05, 0) is 31.0 Å². The summed E-state index contributed by atoms with van der Waals surface area (Å²) in [6.45, 7) is 2.05. The van der Waals surface area contributed by atoms with Crippen molar-refractivity contribution in [3.63, 3.8) is 0 Å². The lowest BCUT2D eigenvalue weighted by Gasteiger charge is -2.12. The molecule has 0 saturated heterocycles. The minimum atomic E-state index is -0.721. The number of carbonyl (C=O) groups is 1. The van der Waals surface area contributed by atoms with Gasteiger partial charge in [0.05, 0.1) is 6.10 Å². The number of halogens is 1. The molecule has 2 atom stereocenters. The number of rotatable bonds is 6. The molecule has 0 fully saturated rings. The summed E-state index contributed by atoms with van der Waals surface area (Å²) in [6.07, 6.45) is 0.301. The van der Waals surface area contributed by atoms with Crippen molar-refractivity contribution in [2.75, 3.05) is 6.54 Å². The zero-order chi connectivity index (χ0) is 13.5. The number of benzene rings is 1. The Labute approximate surface area is 112 Å². The fraction of sp³-hybridized carbons (Fsp3) is 0.462. The molecule has 1 aromatic carbocycles. The molecule has 0 aromatic heterocycles. The summed E-state index contributed by atoms with van der Waals surface area (Å²) in [5.74, 6) is -0.0969. The molecule has 0 spiro atoms. The van der Waals surface area contributed by atoms with Crippen molar-refractivity contribution in [2.24, 2.45) is 5.73 Å². The van der Waals surface area contributed by atoms with E-state index < -0.39 is 6.10 Å². The molecular weight excluding hydrogens is 252 g/mol. The van der Waals surface area contributed by atoms with Gasteiger partial charge < -0.3 is 16.2 Å². The Bertz CT molecular complexity index is 379. The Morgan fingerprint density at radius 1 is 1.44 bits per heavy atom. The van der Waals surface area contributed by atoms with Gasteiger partial charge in [0.1, 0.15) is 0 Å². The molecule has 0 aliphatic rings. The summed E-state index contributed by atoms with van der Waals surface area (Å²) in [7, 11) is 0. The summed E-state index contributed by atoms with van der Waals surface area (Å²) in [5, 5.41) is 13.1. The highest BCUT2D eigenvalue weighted by molar-refractivity contribution is 6.30. The first-order valence-corrected chi connectivity index (χ1v) is 6.32. The van der Waals surface area contributed by atoms with Crippen LogP contribution in [0.25, 0.3) is 0 Å². The van der Waals surface area contributed by atoms with Gasteiger partial charge in [0.2, 0.25) is 5.91 Å². The van der Waals surface area contributed by atoms with Crippen LogP contribution < -0.4 is 11.1 Å². The minimum absolute atomic E-state index is 0.0111. The standard InChI is InChI=1S/C13H19ClN2O2/c1-9(15)2-7-13(18)16-8-12(17)10-3-5-11(14)6-4-10/h3-6,9,12,17H,2,7-8,15H2,1H3,(H,16,18). The predicted octanol–water partition coefficient (Wildman–Crippen LogP) is 1.62. The Morgan fingerprint density at radius 3 is 2.61 bits per heavy atom. The van der Waals surface area contributed by atoms with E-state index in [1.165, 1.54) is 0 Å². The van der Waals surface area contributed by atoms with Gasteiger partial charge in [0.25, 0.3) is 0 Å². The largest absolute Gasteiger partial charge is 0.387 e. The van der Waals surface area contributed by atoms with E-state index in [4.69, 9.17) is 17.3 Å². The second kappa shape index (κ2) is 7.36. The van der Waals surface area contributed by atoms with Gasteiger partial charge in [-0.15, -0.1) is 0 Å². The van der Waals surface area contributed by atoms with E-state index in [-0.39, 0.29) is 18.5 Å². The van der Waals surface area contributed by atoms with Crippen LogP contribution in [0.1, 0.15) is 31.4 Å². The highest BCUT2D eigenvalue weighted by Gasteiger charge is 2.09. The maximum absolute atomic E-state index is 11.4. The third-order valence-corrected chi connectivity index (χ3v) is 2.83. The smallest absolute Gasteiger partial charge is 0.220 e. The number of hydrogen-bond donors (Lipinski definition) is 3. The van der Waals surface area contributed by atoms with Crippen LogP contribution in [0.5, 0.6) is 0 Å². The van der Waals surface area contributed by atoms with Gasteiger partial charge >= 0.3 is 0 Å². The minimum Gasteiger partial charge on any atom is -0.387 e. The van der Waals surface area contributed by atoms with Gasteiger partial charge in [-0.25, -0.2) is 0 Å². The molecule has 0 bridgehead atoms. The fourth-order valence-electron chi connectivity index (χ4n) is 1.46. The second-order valence-corrected chi connectivity index (χ2v) is 4.82. The monoisotopic (exact) mass is 270 g/mol. The average Bonchev–Trinajstić information content (AvgIpc) is 2.34. The number of hydrogen-bond acceptors (Lipinski definition) is 3. The highest BCUT2D eigenvalue weighted by Crippen LogP contribution is 2.15. The topological polar surface area (TPSA) is 75.4 Å². The summed E-state index contributed by atoms with van der Waals surface area (Å²) < 4.78 is 0. The van der Waals surface area contributed by atoms with Gasteiger partial charge in [0, 0.05) is 24.0 Å². The normalized spacial score (nSPS) is 14.0. The molecule has 1 rings (SSSR count). The summed E-state index contributed by atoms with van der Waals surface area (Å²) >= 11 is 5.75. The molecule has 1 aromatic rings. The number of nitrogens with one attached hydrogen (secondary N) is 1. The van der Waals surface area contributed by atoms with Crippen LogP contribution in [-0.2, 0) is 4.79 Å². The van der Waals surface area contributed by atoms with Crippen LogP contribution in [0.2, 0.25) is 5.02 Å². The van der Waals surface area contributed by atoms with E-state index in [1.54, 1.807) is 24.3 Å². The van der Waals surface area contributed by atoms with Crippen LogP contribution in [0.4, 0.5) is 0 Å². The number of aliphatic hydroxyl groups is 1. The lowest BCUT2D eigenvalue weighted by molar-refractivity contribution is -0.121. The molecule has 0 saturated carbocycles. The van der Waals surface area contributed by atoms with E-state index in [9.17, 15) is 9.90 Å². The first-order chi connectivity index (χ1) is 8.49. The molecule has 4 N–H and O–H groups in total. The number of amides is 1. The number of nitrogens with two attached hydrogens (primary N) is 1. The van der Waals surface area contributed by atoms with Crippen molar-refractivity contribution in [2.45, 2.75) is 31.9 Å². The van der Waals surface area contributed by atoms with E-state index in [0.717, 1.165) is 5.56 Å². The quantitative estimate of drug-likeness (QED) is 0.735. The SMILES string of the molecule is CC(N)CCC(=O)NCC(O)c1ccc(Cl)cc1. The van der Waals surface area contributed by atoms with Crippen LogP contribution in [0.3, 0.4) is 0 Å². The zero-order valence-corrected chi connectivity index (χ0v) is 11.2. The van der Waals surface area contributed by atoms with Crippen LogP contribution in [-0.4, -0.2) is 23.6 Å². The first kappa shape index (κ1) is 15.0. The molecular formula is C13H19ClN2O2. The maximum atomic E-state index is 11.4. The molecule has 4 nitrogen and oxygen atoms in total. The molecule has 0 radical (unpaired) electrons. The molecule has 0 heterocycles. The Morgan fingerprint density at radius 2 is 2.06 bits per heavy atom. The first-order valence-electron chi connectivity index (χ1n) is 5.95. The molecule has 1 amide bonds. The Hall–Kier alpha value is -1.10. The van der Waals surface area contributed by atoms with E-state index in [1.807, 2.05) is 6.92 Å². The van der Waals surface area contributed by atoms with Gasteiger partial charge in [-0.1, -0.05) is 23.7 Å². The van der Waals surface area contributed by atoms with Crippen molar-refractivity contribution in [3.8, 4) is 0 Å². The zero-order valence-electron chi connectivity index (χ0n) is 10.4. The van der Waals surface area contributed by atoms with Gasteiger partial charge in [0.15, 0.2) is 0 Å². The third kappa shape index (κ3) is 5.49.